The summed E-state index contributed by atoms with van der Waals surface area (Å²) in [4.78, 5) is 44.7. The molecule has 16 heteroatoms. The van der Waals surface area contributed by atoms with Crippen LogP contribution in [-0.4, -0.2) is 96.7 Å². The first-order valence-corrected chi connectivity index (χ1v) is 23.0. The van der Waals surface area contributed by atoms with E-state index in [1.807, 2.05) is 65.0 Å². The average molecular weight is 855 g/mol. The van der Waals surface area contributed by atoms with Crippen molar-refractivity contribution in [2.24, 2.45) is 0 Å². The number of hydrogen-bond acceptors (Lipinski definition) is 11. The number of nitrogens with zero attached hydrogens (tertiary/aromatic N) is 4. The number of amides is 2. The molecule has 5 rings (SSSR count). The van der Waals surface area contributed by atoms with Crippen LogP contribution in [0, 0.1) is 0 Å². The second-order valence-electron chi connectivity index (χ2n) is 15.6. The number of fused-ring (bicyclic) bond motifs is 2. The Morgan fingerprint density at radius 3 is 2.02 bits per heavy atom. The first kappa shape index (κ1) is 47.2. The maximum absolute atomic E-state index is 12.2. The van der Waals surface area contributed by atoms with Crippen molar-refractivity contribution < 1.29 is 49.7 Å². The minimum atomic E-state index is -4.69. The van der Waals surface area contributed by atoms with E-state index >= 15 is 0 Å². The summed E-state index contributed by atoms with van der Waals surface area (Å²) in [5.74, 6) is -1.72. The van der Waals surface area contributed by atoms with E-state index in [0.29, 0.717) is 43.0 Å². The summed E-state index contributed by atoms with van der Waals surface area (Å²) >= 11 is 0. The molecule has 1 N–H and O–H groups in total. The molecule has 0 atom stereocenters. The monoisotopic (exact) mass is 854 g/mol. The Morgan fingerprint density at radius 2 is 1.46 bits per heavy atom. The van der Waals surface area contributed by atoms with Crippen molar-refractivity contribution in [2.45, 2.75) is 115 Å². The summed E-state index contributed by atoms with van der Waals surface area (Å²) in [6.07, 6.45) is 11.3. The number of benzene rings is 2. The third-order valence-corrected chi connectivity index (χ3v) is 12.8. The second kappa shape index (κ2) is 19.3. The van der Waals surface area contributed by atoms with E-state index in [-0.39, 0.29) is 29.1 Å². The molecule has 3 aliphatic rings. The first-order chi connectivity index (χ1) is 27.6. The molecule has 1 saturated heterocycles. The maximum Gasteiger partial charge on any atom is 0.333 e. The molecule has 0 saturated carbocycles. The minimum absolute atomic E-state index is 0.0237. The van der Waals surface area contributed by atoms with Crippen LogP contribution in [0.5, 0.6) is 0 Å². The molecule has 3 aliphatic heterocycles. The second-order valence-corrected chi connectivity index (χ2v) is 18.4. The molecule has 3 heterocycles. The van der Waals surface area contributed by atoms with Gasteiger partial charge in [0.05, 0.1) is 15.2 Å². The number of unbranched alkanes of at least 4 members (excludes halogenated alkanes) is 2. The fourth-order valence-electron chi connectivity index (χ4n) is 7.76. The van der Waals surface area contributed by atoms with Gasteiger partial charge < -0.3 is 19.2 Å². The molecule has 0 spiro atoms. The van der Waals surface area contributed by atoms with Crippen LogP contribution < -0.4 is 4.90 Å². The molecule has 2 amide bonds. The molecule has 0 aromatic heterocycles. The van der Waals surface area contributed by atoms with Gasteiger partial charge in [0, 0.05) is 66.7 Å². The number of carbonyl (C=O) groups is 3. The van der Waals surface area contributed by atoms with Gasteiger partial charge in [-0.2, -0.15) is 13.0 Å². The molecular weight excluding hydrogens is 797 g/mol. The zero-order valence-corrected chi connectivity index (χ0v) is 37.0. The van der Waals surface area contributed by atoms with Gasteiger partial charge >= 0.3 is 5.97 Å². The van der Waals surface area contributed by atoms with E-state index in [0.717, 1.165) is 28.3 Å². The lowest BCUT2D eigenvalue weighted by molar-refractivity contribution is -0.438. The number of anilines is 1. The largest absolute Gasteiger partial charge is 0.744 e. The van der Waals surface area contributed by atoms with Gasteiger partial charge in [-0.25, -0.2) is 13.2 Å². The quantitative estimate of drug-likeness (QED) is 0.0633. The van der Waals surface area contributed by atoms with Crippen molar-refractivity contribution in [3.63, 3.8) is 0 Å². The van der Waals surface area contributed by atoms with E-state index in [1.54, 1.807) is 12.1 Å². The van der Waals surface area contributed by atoms with Gasteiger partial charge in [0.25, 0.3) is 21.9 Å². The van der Waals surface area contributed by atoms with Crippen molar-refractivity contribution in [3.05, 3.63) is 83.6 Å². The highest BCUT2D eigenvalue weighted by Gasteiger charge is 2.45. The minimum Gasteiger partial charge on any atom is -0.744 e. The van der Waals surface area contributed by atoms with Crippen LogP contribution in [0.1, 0.15) is 105 Å². The molecule has 322 valence electrons. The van der Waals surface area contributed by atoms with E-state index in [1.165, 1.54) is 43.9 Å². The Labute approximate surface area is 349 Å². The van der Waals surface area contributed by atoms with E-state index in [2.05, 4.69) is 35.1 Å². The van der Waals surface area contributed by atoms with Crippen molar-refractivity contribution in [1.82, 2.24) is 9.96 Å². The van der Waals surface area contributed by atoms with Gasteiger partial charge in [0.15, 0.2) is 5.71 Å². The van der Waals surface area contributed by atoms with E-state index < -0.39 is 48.8 Å². The number of hydroxylamine groups is 2. The maximum atomic E-state index is 12.2. The zero-order chi connectivity index (χ0) is 43.9. The highest BCUT2D eigenvalue weighted by Crippen LogP contribution is 2.48. The van der Waals surface area contributed by atoms with Crippen LogP contribution in [-0.2, 0) is 50.3 Å². The van der Waals surface area contributed by atoms with Gasteiger partial charge in [0.2, 0.25) is 5.69 Å². The first-order valence-electron chi connectivity index (χ1n) is 20.1. The van der Waals surface area contributed by atoms with Gasteiger partial charge in [-0.1, -0.05) is 52.8 Å². The molecular formula is C43H58N4O10S2. The normalized spacial score (nSPS) is 18.1. The van der Waals surface area contributed by atoms with E-state index in [9.17, 15) is 40.3 Å². The van der Waals surface area contributed by atoms with Crippen LogP contribution in [0.4, 0.5) is 11.4 Å². The Hall–Kier alpha value is -4.48. The molecule has 2 aromatic carbocycles. The van der Waals surface area contributed by atoms with Gasteiger partial charge in [-0.3, -0.25) is 14.1 Å². The molecule has 2 aromatic rings. The molecule has 0 aliphatic carbocycles. The van der Waals surface area contributed by atoms with Crippen LogP contribution in [0.3, 0.4) is 0 Å². The number of rotatable bonds is 16. The number of hydrogen-bond donors (Lipinski definition) is 1. The summed E-state index contributed by atoms with van der Waals surface area (Å²) in [6, 6.07) is 8.97. The smallest absolute Gasteiger partial charge is 0.333 e. The van der Waals surface area contributed by atoms with Gasteiger partial charge in [0.1, 0.15) is 16.7 Å². The predicted octanol–water partition coefficient (Wildman–Crippen LogP) is 6.54. The van der Waals surface area contributed by atoms with Crippen molar-refractivity contribution in [3.8, 4) is 0 Å². The van der Waals surface area contributed by atoms with Crippen molar-refractivity contribution >= 4 is 55.1 Å². The Morgan fingerprint density at radius 1 is 0.847 bits per heavy atom. The standard InChI is InChI=1S/C37H43N3O10S2.C6H15N/c1-6-38-29-18-16-25(51(44,45)46)23-27(29)36(2,3)31(38)13-9-7-10-14-32-37(4,5)28-24-26(52(47,48)49)17-19-30(28)39(32)22-12-8-11-15-35(43)50-40-33(41)20-21-34(40)42;1-4-7(5-2)6-3/h7,9-10,13-14,16-19,23-24H,6,8,11-12,15,20-22H2,1-5H3,(H-,44,45,46,47,48,49);4-6H2,1-3H3. The molecule has 0 radical (unpaired) electrons. The lowest BCUT2D eigenvalue weighted by atomic mass is 9.81. The average Bonchev–Trinajstić information content (AvgIpc) is 3.69. The molecule has 0 bridgehead atoms. The lowest BCUT2D eigenvalue weighted by Gasteiger charge is -2.25. The molecule has 1 fully saturated rings. The third kappa shape index (κ3) is 10.8. The highest BCUT2D eigenvalue weighted by molar-refractivity contribution is 7.86. The Balaban J connectivity index is 0.00000101. The number of carbonyl (C=O) groups excluding carboxylic acids is 3. The molecule has 0 unspecified atom stereocenters. The van der Waals surface area contributed by atoms with Crippen molar-refractivity contribution in [1.29, 1.82) is 0 Å². The number of likely N-dealkylation sites (N-methyl/N-ethyl adjacent to an activating group) is 1. The SMILES string of the molecule is CCN(CC)CC.CCN1\C(=C/C=C/C=C/C2=[N+](CCCCCC(=O)ON3C(=O)CCC3=O)c3ccc(S(=O)(=O)[O-])cc3C2(C)C)C(C)(C)c2cc(S(=O)(=O)O)ccc21. The molecule has 14 nitrogen and oxygen atoms in total. The van der Waals surface area contributed by atoms with Crippen molar-refractivity contribution in [2.75, 3.05) is 37.6 Å². The summed E-state index contributed by atoms with van der Waals surface area (Å²) in [5.41, 5.74) is 3.68. The lowest BCUT2D eigenvalue weighted by Crippen LogP contribution is -2.31. The summed E-state index contributed by atoms with van der Waals surface area (Å²) in [5, 5.41) is 0.538. The van der Waals surface area contributed by atoms with Crippen LogP contribution in [0.2, 0.25) is 0 Å². The van der Waals surface area contributed by atoms with Crippen LogP contribution in [0.15, 0.2) is 82.3 Å². The Bertz CT molecular complexity index is 2250. The van der Waals surface area contributed by atoms with Gasteiger partial charge in [-0.05, 0) is 95.2 Å². The summed E-state index contributed by atoms with van der Waals surface area (Å²) in [7, 11) is -9.05. The van der Waals surface area contributed by atoms with Crippen LogP contribution in [0.25, 0.3) is 0 Å². The Kier molecular flexibility index (Phi) is 15.4. The summed E-state index contributed by atoms with van der Waals surface area (Å²) < 4.78 is 71.1. The highest BCUT2D eigenvalue weighted by atomic mass is 32.2. The fourth-order valence-corrected chi connectivity index (χ4v) is 8.76. The van der Waals surface area contributed by atoms with Crippen LogP contribution >= 0.6 is 0 Å². The zero-order valence-electron chi connectivity index (χ0n) is 35.4. The molecule has 59 heavy (non-hydrogen) atoms. The summed E-state index contributed by atoms with van der Waals surface area (Å²) in [6.45, 7) is 21.2. The number of imide groups is 1. The predicted molar refractivity (Wildman–Crippen MR) is 225 cm³/mol. The third-order valence-electron chi connectivity index (χ3n) is 11.2. The van der Waals surface area contributed by atoms with E-state index in [4.69, 9.17) is 4.84 Å². The van der Waals surface area contributed by atoms with Gasteiger partial charge in [-0.15, -0.1) is 5.06 Å². The topological polar surface area (TPSA) is 185 Å². The number of allylic oxidation sites excluding steroid dienone is 6. The fraction of sp³-hybridized carbons (Fsp3) is 0.488.